The molecule has 0 aliphatic carbocycles. The molecule has 4 aromatic carbocycles. The van der Waals surface area contributed by atoms with Gasteiger partial charge in [-0.3, -0.25) is 38.9 Å². The van der Waals surface area contributed by atoms with Gasteiger partial charge < -0.3 is 93.4 Å². The van der Waals surface area contributed by atoms with Gasteiger partial charge in [-0.2, -0.15) is 0 Å². The highest BCUT2D eigenvalue weighted by Gasteiger charge is 2.50. The molecular formula is C61H82N10O16. The van der Waals surface area contributed by atoms with Crippen LogP contribution in [0.25, 0.3) is 22.3 Å². The molecule has 3 aliphatic heterocycles. The predicted molar refractivity (Wildman–Crippen MR) is 316 cm³/mol. The highest BCUT2D eigenvalue weighted by Crippen LogP contribution is 2.30. The van der Waals surface area contributed by atoms with Crippen LogP contribution in [0.3, 0.4) is 0 Å². The van der Waals surface area contributed by atoms with E-state index in [9.17, 15) is 74.4 Å². The summed E-state index contributed by atoms with van der Waals surface area (Å²) >= 11 is 0. The lowest BCUT2D eigenvalue weighted by Crippen LogP contribution is -2.65. The number of fused-ring (bicyclic) bond motifs is 2. The number of nitrogens with zero attached hydrogens (tertiary/aromatic N) is 2. The number of phenolic OH excluding ortho intramolecular Hbond substituents is 1. The molecule has 0 radical (unpaired) electrons. The second-order valence-corrected chi connectivity index (χ2v) is 22.7. The molecule has 18 N–H and O–H groups in total. The van der Waals surface area contributed by atoms with Crippen molar-refractivity contribution in [1.29, 1.82) is 0 Å². The first-order valence-corrected chi connectivity index (χ1v) is 29.2. The van der Waals surface area contributed by atoms with E-state index in [4.69, 9.17) is 16.2 Å². The number of nitrogens with one attached hydrogen (secondary N) is 6. The van der Waals surface area contributed by atoms with Gasteiger partial charge in [-0.05, 0) is 84.5 Å². The normalized spacial score (nSPS) is 26.7. The fourth-order valence-corrected chi connectivity index (χ4v) is 10.9. The van der Waals surface area contributed by atoms with E-state index in [2.05, 4.69) is 38.8 Å². The summed E-state index contributed by atoms with van der Waals surface area (Å²) in [4.78, 5) is 104. The van der Waals surface area contributed by atoms with Crippen molar-refractivity contribution in [3.63, 3.8) is 0 Å². The minimum atomic E-state index is -2.29. The lowest BCUT2D eigenvalue weighted by Gasteiger charge is -2.35. The third-order valence-electron chi connectivity index (χ3n) is 16.1. The van der Waals surface area contributed by atoms with Crippen molar-refractivity contribution >= 4 is 41.4 Å². The smallest absolute Gasteiger partial charge is 0.251 e. The van der Waals surface area contributed by atoms with Gasteiger partial charge in [0.2, 0.25) is 35.4 Å². The third-order valence-corrected chi connectivity index (χ3v) is 16.1. The first kappa shape index (κ1) is 66.9. The third kappa shape index (κ3) is 16.5. The summed E-state index contributed by atoms with van der Waals surface area (Å²) in [6.07, 6.45) is -12.6. The second-order valence-electron chi connectivity index (χ2n) is 22.7. The summed E-state index contributed by atoms with van der Waals surface area (Å²) in [6, 6.07) is 14.2. The monoisotopic (exact) mass is 1210 g/mol. The van der Waals surface area contributed by atoms with Crippen LogP contribution in [-0.4, -0.2) is 210 Å². The first-order valence-electron chi connectivity index (χ1n) is 29.2. The standard InChI is InChI=1S/C61H82N10O16/c1-5-6-7-24-87-43-22-18-37(19-23-43)35-10-8-34(9-11-35)36-12-14-39(15-13-36)55(80)65-44-26-46(76)54(64-40(27-62)28-63)69-59(84)50-51(77)31(2)29-71(50)61(86)48(33(4)73)67-58(83)49(53(79)52(78)38-16-20-41(74)21-17-38)68-57(82)45-25-42(75)30-70(45)60(85)47(32(3)72)66-56(44)81/h8-23,31-33,40,42,44-54,64,72-79H,5-7,24-30,62-63H2,1-4H3,(H,65,80)(H,66,81)(H,67,83)(H,68,82)(H,69,84)/t31-,32+,33+,42+,44-,45?,46+,47?,48?,49?,50?,51-,52-,53-,54?/m0/s1. The van der Waals surface area contributed by atoms with E-state index in [-0.39, 0.29) is 36.5 Å². The van der Waals surface area contributed by atoms with Gasteiger partial charge in [0.1, 0.15) is 66.1 Å². The lowest BCUT2D eigenvalue weighted by atomic mass is 9.96. The summed E-state index contributed by atoms with van der Waals surface area (Å²) in [6.45, 7) is 5.24. The van der Waals surface area contributed by atoms with E-state index in [1.54, 1.807) is 12.1 Å². The van der Waals surface area contributed by atoms with Crippen LogP contribution in [0.5, 0.6) is 11.5 Å². The predicted octanol–water partition coefficient (Wildman–Crippen LogP) is -2.04. The number of carbonyl (C=O) groups is 7. The Hall–Kier alpha value is -7.63. The quantitative estimate of drug-likeness (QED) is 0.0477. The molecule has 26 nitrogen and oxygen atoms in total. The summed E-state index contributed by atoms with van der Waals surface area (Å²) in [5.74, 6) is -8.35. The van der Waals surface area contributed by atoms with Gasteiger partial charge in [0.15, 0.2) is 0 Å². The van der Waals surface area contributed by atoms with Gasteiger partial charge >= 0.3 is 0 Å². The minimum absolute atomic E-state index is 0.0333. The largest absolute Gasteiger partial charge is 0.508 e. The van der Waals surface area contributed by atoms with E-state index < -0.39 is 158 Å². The van der Waals surface area contributed by atoms with Crippen LogP contribution in [-0.2, 0) is 28.8 Å². The molecule has 0 bridgehead atoms. The van der Waals surface area contributed by atoms with Gasteiger partial charge in [0.05, 0.1) is 37.1 Å². The van der Waals surface area contributed by atoms with Crippen LogP contribution in [0, 0.1) is 5.92 Å². The zero-order chi connectivity index (χ0) is 63.4. The molecule has 0 aromatic heterocycles. The molecule has 3 fully saturated rings. The number of ether oxygens (including phenoxy) is 1. The highest BCUT2D eigenvalue weighted by atomic mass is 16.5. The van der Waals surface area contributed by atoms with E-state index in [0.29, 0.717) is 6.61 Å². The van der Waals surface area contributed by atoms with Crippen LogP contribution < -0.4 is 48.1 Å². The molecule has 6 unspecified atom stereocenters. The molecular weight excluding hydrogens is 1130 g/mol. The Morgan fingerprint density at radius 2 is 1.18 bits per heavy atom. The molecule has 3 heterocycles. The van der Waals surface area contributed by atoms with Crippen molar-refractivity contribution in [2.24, 2.45) is 17.4 Å². The van der Waals surface area contributed by atoms with Gasteiger partial charge in [0.25, 0.3) is 5.91 Å². The Kier molecular flexibility index (Phi) is 23.3. The number of carbonyl (C=O) groups excluding carboxylic acids is 7. The van der Waals surface area contributed by atoms with Crippen LogP contribution in [0.2, 0.25) is 0 Å². The summed E-state index contributed by atoms with van der Waals surface area (Å²) in [5, 5.41) is 105. The number of hydrogen-bond acceptors (Lipinski definition) is 19. The maximum absolute atomic E-state index is 14.8. The van der Waals surface area contributed by atoms with Crippen molar-refractivity contribution in [3.8, 4) is 33.8 Å². The number of aromatic hydroxyl groups is 1. The molecule has 7 amide bonds. The maximum Gasteiger partial charge on any atom is 0.251 e. The topological polar surface area (TPSA) is 421 Å². The van der Waals surface area contributed by atoms with Crippen molar-refractivity contribution in [2.45, 2.75) is 151 Å². The second kappa shape index (κ2) is 30.3. The number of benzene rings is 4. The zero-order valence-electron chi connectivity index (χ0n) is 48.9. The van der Waals surface area contributed by atoms with E-state index in [1.165, 1.54) is 31.2 Å². The zero-order valence-corrected chi connectivity index (χ0v) is 48.9. The van der Waals surface area contributed by atoms with Crippen LogP contribution in [0.15, 0.2) is 97.1 Å². The number of phenols is 1. The number of nitrogens with two attached hydrogens (primary N) is 2. The van der Waals surface area contributed by atoms with Crippen LogP contribution in [0.1, 0.15) is 81.8 Å². The number of rotatable bonds is 18. The van der Waals surface area contributed by atoms with Crippen molar-refractivity contribution < 1.29 is 79.2 Å². The number of amides is 7. The Labute approximate surface area is 503 Å². The molecule has 0 saturated carbocycles. The highest BCUT2D eigenvalue weighted by molar-refractivity contribution is 6.00. The Bertz CT molecular complexity index is 2990. The molecule has 87 heavy (non-hydrogen) atoms. The fraction of sp³-hybridized carbons (Fsp3) is 0.492. The minimum Gasteiger partial charge on any atom is -0.508 e. The van der Waals surface area contributed by atoms with Crippen LogP contribution in [0.4, 0.5) is 0 Å². The summed E-state index contributed by atoms with van der Waals surface area (Å²) < 4.78 is 5.86. The van der Waals surface area contributed by atoms with Gasteiger partial charge in [-0.15, -0.1) is 0 Å². The SMILES string of the molecule is CCCCCOc1ccc(-c2ccc(-c3ccc(C(=O)N[C@H]4C[C@@H](O)C(NC(CN)CN)NC(=O)C5[C@@H](O)[C@@H](C)CN5C(=O)C([C@@H](C)O)NC(=O)C([C@H](O)[C@@H](O)c5ccc(O)cc5)NC(=O)C5C[C@@H](O)CN5C(=O)C([C@@H](C)O)NC4=O)cc3)cc2)cc1. The Morgan fingerprint density at radius 3 is 1.74 bits per heavy atom. The van der Waals surface area contributed by atoms with Crippen molar-refractivity contribution in [2.75, 3.05) is 32.8 Å². The molecule has 472 valence electrons. The average Bonchev–Trinajstić information content (AvgIpc) is 1.95. The van der Waals surface area contributed by atoms with Crippen molar-refractivity contribution in [3.05, 3.63) is 108 Å². The molecule has 3 saturated heterocycles. The molecule has 26 heteroatoms. The average molecular weight is 1210 g/mol. The number of unbranched alkanes of at least 4 members (excludes halogenated alkanes) is 2. The molecule has 15 atom stereocenters. The number of aliphatic hydroxyl groups excluding tert-OH is 7. The van der Waals surface area contributed by atoms with Gasteiger partial charge in [-0.1, -0.05) is 87.4 Å². The molecule has 4 aromatic rings. The van der Waals surface area contributed by atoms with Crippen molar-refractivity contribution in [1.82, 2.24) is 41.7 Å². The molecule has 0 spiro atoms. The fourth-order valence-electron chi connectivity index (χ4n) is 10.9. The van der Waals surface area contributed by atoms with E-state index in [1.807, 2.05) is 48.5 Å². The first-order chi connectivity index (χ1) is 41.4. The Balaban J connectivity index is 1.23. The molecule has 7 rings (SSSR count). The lowest BCUT2D eigenvalue weighted by molar-refractivity contribution is -0.148. The molecule has 3 aliphatic rings. The van der Waals surface area contributed by atoms with Gasteiger partial charge in [-0.25, -0.2) is 0 Å². The van der Waals surface area contributed by atoms with Crippen LogP contribution >= 0.6 is 0 Å². The number of hydrogen-bond donors (Lipinski definition) is 16. The summed E-state index contributed by atoms with van der Waals surface area (Å²) in [7, 11) is 0. The maximum atomic E-state index is 14.8. The number of aliphatic hydroxyl groups is 7. The summed E-state index contributed by atoms with van der Waals surface area (Å²) in [5.41, 5.74) is 15.4. The van der Waals surface area contributed by atoms with E-state index >= 15 is 0 Å². The van der Waals surface area contributed by atoms with E-state index in [0.717, 1.165) is 83.0 Å². The van der Waals surface area contributed by atoms with Gasteiger partial charge in [0, 0.05) is 56.5 Å². The Morgan fingerprint density at radius 1 is 0.655 bits per heavy atom.